The van der Waals surface area contributed by atoms with Gasteiger partial charge >= 0.3 is 12.1 Å². The van der Waals surface area contributed by atoms with Gasteiger partial charge in [-0.15, -0.1) is 0 Å². The maximum atomic E-state index is 13.6. The predicted octanol–water partition coefficient (Wildman–Crippen LogP) is 6.04. The lowest BCUT2D eigenvalue weighted by Crippen LogP contribution is -2.49. The quantitative estimate of drug-likeness (QED) is 0.388. The molecule has 1 aliphatic carbocycles. The Morgan fingerprint density at radius 3 is 2.29 bits per heavy atom. The van der Waals surface area contributed by atoms with Gasteiger partial charge in [0.15, 0.2) is 5.75 Å². The van der Waals surface area contributed by atoms with Crippen molar-refractivity contribution in [1.29, 1.82) is 0 Å². The third-order valence-corrected chi connectivity index (χ3v) is 6.94. The van der Waals surface area contributed by atoms with Crippen molar-refractivity contribution in [1.82, 2.24) is 5.32 Å². The number of ether oxygens (including phenoxy) is 2. The number of amides is 2. The van der Waals surface area contributed by atoms with Gasteiger partial charge in [-0.25, -0.2) is 9.59 Å². The predicted molar refractivity (Wildman–Crippen MR) is 146 cm³/mol. The van der Waals surface area contributed by atoms with E-state index in [1.54, 1.807) is 12.1 Å². The molecule has 8 nitrogen and oxygen atoms in total. The number of hydrogen-bond acceptors (Lipinski definition) is 5. The van der Waals surface area contributed by atoms with Gasteiger partial charge in [-0.2, -0.15) is 0 Å². The summed E-state index contributed by atoms with van der Waals surface area (Å²) in [5, 5.41) is 15.8. The Kier molecular flexibility index (Phi) is 9.41. The highest BCUT2D eigenvalue weighted by Crippen LogP contribution is 2.37. The van der Waals surface area contributed by atoms with Crippen molar-refractivity contribution in [2.75, 3.05) is 5.32 Å². The number of carboxylic acids is 1. The highest BCUT2D eigenvalue weighted by Gasteiger charge is 2.38. The molecule has 0 unspecified atom stereocenters. The standard InChI is InChI=1S/C30H40N2O6/c1-7-20-14-23(28(34)35)26(37-17-21-11-9-8-10-12-21)25(15-20)31-27(33)22-16-24(19(3)13-18(22)2)32-29(36)38-30(4,5)6/h8-12,14-15,18-19,22,24H,7,13,16-17H2,1-6H3,(H,31,33)(H,32,36)(H,34,35)/t18-,19+,22-,24+/m0/s1. The number of rotatable bonds is 8. The molecule has 0 spiro atoms. The van der Waals surface area contributed by atoms with Crippen molar-refractivity contribution in [2.45, 2.75) is 79.1 Å². The van der Waals surface area contributed by atoms with Gasteiger partial charge in [0.05, 0.1) is 5.69 Å². The van der Waals surface area contributed by atoms with Gasteiger partial charge in [-0.05, 0) is 75.1 Å². The van der Waals surface area contributed by atoms with Crippen LogP contribution in [0.2, 0.25) is 0 Å². The fourth-order valence-electron chi connectivity index (χ4n) is 4.93. The van der Waals surface area contributed by atoms with E-state index in [9.17, 15) is 19.5 Å². The first kappa shape index (κ1) is 29.0. The summed E-state index contributed by atoms with van der Waals surface area (Å²) in [4.78, 5) is 38.1. The number of aryl methyl sites for hydroxylation is 1. The minimum atomic E-state index is -1.12. The van der Waals surface area contributed by atoms with E-state index >= 15 is 0 Å². The lowest BCUT2D eigenvalue weighted by atomic mass is 9.72. The molecular formula is C30H40N2O6. The van der Waals surface area contributed by atoms with Crippen LogP contribution in [0.4, 0.5) is 10.5 Å². The van der Waals surface area contributed by atoms with E-state index in [-0.39, 0.29) is 47.6 Å². The van der Waals surface area contributed by atoms with E-state index in [1.807, 2.05) is 65.0 Å². The van der Waals surface area contributed by atoms with Crippen molar-refractivity contribution in [3.8, 4) is 5.75 Å². The minimum absolute atomic E-state index is 0.00497. The molecular weight excluding hydrogens is 484 g/mol. The van der Waals surface area contributed by atoms with Crippen molar-refractivity contribution in [3.05, 3.63) is 59.2 Å². The molecule has 38 heavy (non-hydrogen) atoms. The summed E-state index contributed by atoms with van der Waals surface area (Å²) in [5.41, 5.74) is 1.38. The molecule has 0 radical (unpaired) electrons. The van der Waals surface area contributed by atoms with Crippen molar-refractivity contribution in [3.63, 3.8) is 0 Å². The van der Waals surface area contributed by atoms with Crippen LogP contribution in [0.5, 0.6) is 5.75 Å². The second-order valence-electron chi connectivity index (χ2n) is 11.2. The monoisotopic (exact) mass is 524 g/mol. The molecule has 1 aliphatic rings. The van der Waals surface area contributed by atoms with Crippen LogP contribution in [-0.4, -0.2) is 34.7 Å². The summed E-state index contributed by atoms with van der Waals surface area (Å²) in [5.74, 6) is -1.36. The van der Waals surface area contributed by atoms with Crippen LogP contribution in [0.25, 0.3) is 0 Å². The molecule has 3 N–H and O–H groups in total. The Balaban J connectivity index is 1.84. The molecule has 1 fully saturated rings. The maximum Gasteiger partial charge on any atom is 0.407 e. The largest absolute Gasteiger partial charge is 0.486 e. The highest BCUT2D eigenvalue weighted by atomic mass is 16.6. The zero-order chi connectivity index (χ0) is 28.0. The first-order valence-corrected chi connectivity index (χ1v) is 13.2. The lowest BCUT2D eigenvalue weighted by molar-refractivity contribution is -0.123. The van der Waals surface area contributed by atoms with Gasteiger partial charge < -0.3 is 25.2 Å². The average Bonchev–Trinajstić information content (AvgIpc) is 2.83. The number of hydrogen-bond donors (Lipinski definition) is 3. The van der Waals surface area contributed by atoms with Crippen LogP contribution in [0, 0.1) is 17.8 Å². The first-order chi connectivity index (χ1) is 17.9. The van der Waals surface area contributed by atoms with E-state index in [2.05, 4.69) is 17.6 Å². The lowest BCUT2D eigenvalue weighted by Gasteiger charge is -2.38. The molecule has 0 bridgehead atoms. The number of alkyl carbamates (subject to hydrolysis) is 1. The molecule has 4 atom stereocenters. The Morgan fingerprint density at radius 1 is 1.00 bits per heavy atom. The summed E-state index contributed by atoms with van der Waals surface area (Å²) < 4.78 is 11.4. The Hall–Kier alpha value is -3.55. The smallest absolute Gasteiger partial charge is 0.407 e. The molecule has 3 rings (SSSR count). The molecule has 0 heterocycles. The first-order valence-electron chi connectivity index (χ1n) is 13.2. The Bertz CT molecular complexity index is 1140. The number of carbonyl (C=O) groups excluding carboxylic acids is 2. The Morgan fingerprint density at radius 2 is 1.68 bits per heavy atom. The summed E-state index contributed by atoms with van der Waals surface area (Å²) in [6.07, 6.45) is 1.31. The van der Waals surface area contributed by atoms with Crippen LogP contribution in [0.3, 0.4) is 0 Å². The zero-order valence-corrected chi connectivity index (χ0v) is 23.2. The number of aromatic carboxylic acids is 1. The normalized spacial score (nSPS) is 21.3. The van der Waals surface area contributed by atoms with Gasteiger partial charge in [0.2, 0.25) is 5.91 Å². The molecule has 0 aliphatic heterocycles. The van der Waals surface area contributed by atoms with E-state index in [0.717, 1.165) is 17.5 Å². The van der Waals surface area contributed by atoms with Gasteiger partial charge in [0.1, 0.15) is 17.8 Å². The molecule has 2 aromatic rings. The molecule has 2 aromatic carbocycles. The minimum Gasteiger partial charge on any atom is -0.486 e. The van der Waals surface area contributed by atoms with Crippen LogP contribution >= 0.6 is 0 Å². The van der Waals surface area contributed by atoms with Gasteiger partial charge in [-0.1, -0.05) is 51.1 Å². The maximum absolute atomic E-state index is 13.6. The average molecular weight is 525 g/mol. The number of anilines is 1. The summed E-state index contributed by atoms with van der Waals surface area (Å²) in [6, 6.07) is 12.6. The summed E-state index contributed by atoms with van der Waals surface area (Å²) in [6.45, 7) is 11.6. The highest BCUT2D eigenvalue weighted by molar-refractivity contribution is 5.99. The molecule has 206 valence electrons. The second kappa shape index (κ2) is 12.3. The molecule has 2 amide bonds. The van der Waals surface area contributed by atoms with E-state index in [0.29, 0.717) is 18.5 Å². The van der Waals surface area contributed by atoms with Gasteiger partial charge in [0, 0.05) is 12.0 Å². The molecule has 1 saturated carbocycles. The van der Waals surface area contributed by atoms with Gasteiger partial charge in [-0.3, -0.25) is 4.79 Å². The van der Waals surface area contributed by atoms with E-state index in [1.165, 1.54) is 0 Å². The van der Waals surface area contributed by atoms with Crippen molar-refractivity contribution < 1.29 is 29.0 Å². The third-order valence-electron chi connectivity index (χ3n) is 6.94. The molecule has 0 saturated heterocycles. The van der Waals surface area contributed by atoms with E-state index < -0.39 is 17.7 Å². The topological polar surface area (TPSA) is 114 Å². The SMILES string of the molecule is CCc1cc(NC(=O)[C@H]2C[C@@H](NC(=O)OC(C)(C)C)[C@H](C)C[C@@H]2C)c(OCc2ccccc2)c(C(=O)O)c1. The van der Waals surface area contributed by atoms with Crippen LogP contribution in [0.15, 0.2) is 42.5 Å². The van der Waals surface area contributed by atoms with E-state index in [4.69, 9.17) is 9.47 Å². The van der Waals surface area contributed by atoms with Crippen LogP contribution < -0.4 is 15.4 Å². The van der Waals surface area contributed by atoms with Gasteiger partial charge in [0.25, 0.3) is 0 Å². The molecule has 8 heteroatoms. The van der Waals surface area contributed by atoms with Crippen LogP contribution in [0.1, 0.15) is 75.9 Å². The summed E-state index contributed by atoms with van der Waals surface area (Å²) >= 11 is 0. The Labute approximate surface area is 225 Å². The number of benzene rings is 2. The van der Waals surface area contributed by atoms with Crippen molar-refractivity contribution >= 4 is 23.7 Å². The number of carboxylic acid groups (broad SMARTS) is 1. The molecule has 0 aromatic heterocycles. The van der Waals surface area contributed by atoms with Crippen LogP contribution in [-0.2, 0) is 22.6 Å². The number of carbonyl (C=O) groups is 3. The fourth-order valence-corrected chi connectivity index (χ4v) is 4.93. The number of nitrogens with one attached hydrogen (secondary N) is 2. The summed E-state index contributed by atoms with van der Waals surface area (Å²) in [7, 11) is 0. The fraction of sp³-hybridized carbons (Fsp3) is 0.500. The second-order valence-corrected chi connectivity index (χ2v) is 11.2. The zero-order valence-electron chi connectivity index (χ0n) is 23.2. The van der Waals surface area contributed by atoms with Crippen molar-refractivity contribution in [2.24, 2.45) is 17.8 Å². The third kappa shape index (κ3) is 7.73.